The summed E-state index contributed by atoms with van der Waals surface area (Å²) in [5, 5.41) is 13.8. The minimum Gasteiger partial charge on any atom is -0.469 e. The number of nitrogens with zero attached hydrogens (tertiary/aromatic N) is 4. The summed E-state index contributed by atoms with van der Waals surface area (Å²) in [5.41, 5.74) is 0.819. The quantitative estimate of drug-likeness (QED) is 0.659. The summed E-state index contributed by atoms with van der Waals surface area (Å²) in [4.78, 5) is 20.3. The van der Waals surface area contributed by atoms with Crippen LogP contribution in [0.4, 0.5) is 17.5 Å². The molecule has 20 heavy (non-hydrogen) atoms. The van der Waals surface area contributed by atoms with E-state index >= 15 is 0 Å². The van der Waals surface area contributed by atoms with Crippen LogP contribution in [0.2, 0.25) is 0 Å². The Balaban J connectivity index is 2.34. The van der Waals surface area contributed by atoms with Crippen LogP contribution in [0.15, 0.2) is 22.9 Å². The van der Waals surface area contributed by atoms with Gasteiger partial charge < -0.3 is 14.6 Å². The lowest BCUT2D eigenvalue weighted by atomic mass is 10.2. The molecular weight excluding hydrogens is 262 g/mol. The van der Waals surface area contributed by atoms with Crippen molar-refractivity contribution in [3.8, 4) is 0 Å². The van der Waals surface area contributed by atoms with Crippen molar-refractivity contribution in [3.63, 3.8) is 0 Å². The lowest BCUT2D eigenvalue weighted by molar-refractivity contribution is -0.384. The number of aryl methyl sites for hydroxylation is 1. The summed E-state index contributed by atoms with van der Waals surface area (Å²) >= 11 is 0. The molecule has 0 atom stereocenters. The van der Waals surface area contributed by atoms with Gasteiger partial charge in [0.1, 0.15) is 12.0 Å². The largest absolute Gasteiger partial charge is 0.469 e. The molecule has 2 aromatic heterocycles. The van der Waals surface area contributed by atoms with Crippen LogP contribution in [0.3, 0.4) is 0 Å². The monoisotopic (exact) mass is 277 g/mol. The smallest absolute Gasteiger partial charge is 0.329 e. The van der Waals surface area contributed by atoms with Crippen molar-refractivity contribution in [2.45, 2.75) is 13.5 Å². The molecule has 0 aliphatic rings. The maximum atomic E-state index is 11.1. The van der Waals surface area contributed by atoms with E-state index in [0.29, 0.717) is 12.5 Å². The van der Waals surface area contributed by atoms with Crippen LogP contribution in [0.25, 0.3) is 0 Å². The third kappa shape index (κ3) is 2.68. The number of anilines is 2. The lowest BCUT2D eigenvalue weighted by Gasteiger charge is -2.17. The summed E-state index contributed by atoms with van der Waals surface area (Å²) in [6.07, 6.45) is 2.79. The van der Waals surface area contributed by atoms with E-state index in [2.05, 4.69) is 15.3 Å². The van der Waals surface area contributed by atoms with Gasteiger partial charge in [0.2, 0.25) is 11.8 Å². The van der Waals surface area contributed by atoms with Crippen molar-refractivity contribution in [3.05, 3.63) is 40.0 Å². The number of hydrogen-bond donors (Lipinski definition) is 1. The van der Waals surface area contributed by atoms with E-state index in [4.69, 9.17) is 4.42 Å². The Kier molecular flexibility index (Phi) is 3.83. The second-order valence-electron chi connectivity index (χ2n) is 4.27. The minimum atomic E-state index is -0.493. The van der Waals surface area contributed by atoms with Crippen molar-refractivity contribution in [1.82, 2.24) is 9.97 Å². The Labute approximate surface area is 115 Å². The van der Waals surface area contributed by atoms with Crippen LogP contribution in [0.5, 0.6) is 0 Å². The van der Waals surface area contributed by atoms with Gasteiger partial charge in [-0.3, -0.25) is 10.1 Å². The van der Waals surface area contributed by atoms with Crippen molar-refractivity contribution in [2.75, 3.05) is 24.3 Å². The molecule has 0 aromatic carbocycles. The first-order chi connectivity index (χ1) is 9.52. The molecule has 2 heterocycles. The highest BCUT2D eigenvalue weighted by Gasteiger charge is 2.21. The van der Waals surface area contributed by atoms with Gasteiger partial charge >= 0.3 is 5.69 Å². The zero-order valence-corrected chi connectivity index (χ0v) is 11.5. The van der Waals surface area contributed by atoms with Crippen molar-refractivity contribution >= 4 is 17.5 Å². The van der Waals surface area contributed by atoms with E-state index in [1.54, 1.807) is 25.3 Å². The number of nitrogens with one attached hydrogen (secondary N) is 1. The van der Waals surface area contributed by atoms with E-state index < -0.39 is 4.92 Å². The van der Waals surface area contributed by atoms with Crippen LogP contribution < -0.4 is 10.2 Å². The van der Waals surface area contributed by atoms with Gasteiger partial charge in [-0.15, -0.1) is 0 Å². The molecule has 0 radical (unpaired) electrons. The van der Waals surface area contributed by atoms with E-state index in [1.165, 1.54) is 6.20 Å². The highest BCUT2D eigenvalue weighted by Crippen LogP contribution is 2.26. The van der Waals surface area contributed by atoms with Crippen LogP contribution in [-0.2, 0) is 6.54 Å². The second-order valence-corrected chi connectivity index (χ2v) is 4.27. The minimum absolute atomic E-state index is 0.132. The van der Waals surface area contributed by atoms with Gasteiger partial charge in [0, 0.05) is 26.2 Å². The van der Waals surface area contributed by atoms with Gasteiger partial charge in [0.15, 0.2) is 0 Å². The van der Waals surface area contributed by atoms with Gasteiger partial charge in [0.05, 0.1) is 11.2 Å². The van der Waals surface area contributed by atoms with Crippen molar-refractivity contribution in [2.24, 2.45) is 0 Å². The number of furan rings is 1. The van der Waals surface area contributed by atoms with Gasteiger partial charge in [0.25, 0.3) is 0 Å². The molecule has 1 N–H and O–H groups in total. The lowest BCUT2D eigenvalue weighted by Crippen LogP contribution is -2.20. The topological polar surface area (TPSA) is 97.3 Å². The zero-order chi connectivity index (χ0) is 14.7. The second kappa shape index (κ2) is 5.55. The predicted molar refractivity (Wildman–Crippen MR) is 73.8 cm³/mol. The Hall–Kier alpha value is -2.64. The normalized spacial score (nSPS) is 10.3. The van der Waals surface area contributed by atoms with Crippen molar-refractivity contribution in [1.29, 1.82) is 0 Å². The molecule has 2 rings (SSSR count). The fourth-order valence-electron chi connectivity index (χ4n) is 1.80. The van der Waals surface area contributed by atoms with Crippen LogP contribution in [0.1, 0.15) is 11.3 Å². The van der Waals surface area contributed by atoms with Gasteiger partial charge in [-0.05, 0) is 13.0 Å². The first-order valence-electron chi connectivity index (χ1n) is 5.96. The van der Waals surface area contributed by atoms with Crippen molar-refractivity contribution < 1.29 is 9.34 Å². The van der Waals surface area contributed by atoms with E-state index in [-0.39, 0.29) is 11.5 Å². The number of aromatic nitrogens is 2. The molecule has 8 nitrogen and oxygen atoms in total. The maximum Gasteiger partial charge on any atom is 0.329 e. The third-order valence-electron chi connectivity index (χ3n) is 2.91. The fourth-order valence-corrected chi connectivity index (χ4v) is 1.80. The van der Waals surface area contributed by atoms with Crippen LogP contribution in [0, 0.1) is 17.0 Å². The number of rotatable bonds is 5. The molecule has 0 saturated carbocycles. The summed E-state index contributed by atoms with van der Waals surface area (Å²) < 4.78 is 5.22. The fraction of sp³-hybridized carbons (Fsp3) is 0.333. The molecule has 8 heteroatoms. The molecule has 0 fully saturated rings. The highest BCUT2D eigenvalue weighted by atomic mass is 16.6. The Morgan fingerprint density at radius 2 is 2.30 bits per heavy atom. The van der Waals surface area contributed by atoms with E-state index in [0.717, 1.165) is 11.3 Å². The standard InChI is InChI=1S/C12H15N5O3/c1-8-9(4-5-20-8)7-16(3)11-10(17(18)19)6-14-12(13-2)15-11/h4-6H,7H2,1-3H3,(H,13,14,15). The van der Waals surface area contributed by atoms with Crippen LogP contribution >= 0.6 is 0 Å². The first kappa shape index (κ1) is 13.8. The van der Waals surface area contributed by atoms with E-state index in [1.807, 2.05) is 13.0 Å². The highest BCUT2D eigenvalue weighted by molar-refractivity contribution is 5.58. The maximum absolute atomic E-state index is 11.1. The summed E-state index contributed by atoms with van der Waals surface area (Å²) in [6.45, 7) is 2.31. The van der Waals surface area contributed by atoms with Gasteiger partial charge in [-0.25, -0.2) is 4.98 Å². The number of hydrogen-bond acceptors (Lipinski definition) is 7. The van der Waals surface area contributed by atoms with Gasteiger partial charge in [-0.2, -0.15) is 4.98 Å². The van der Waals surface area contributed by atoms with Gasteiger partial charge in [-0.1, -0.05) is 0 Å². The average Bonchev–Trinajstić information content (AvgIpc) is 2.83. The summed E-state index contributed by atoms with van der Waals surface area (Å²) in [6, 6.07) is 1.83. The molecule has 0 bridgehead atoms. The zero-order valence-electron chi connectivity index (χ0n) is 11.5. The molecule has 0 spiro atoms. The number of nitro groups is 1. The average molecular weight is 277 g/mol. The Morgan fingerprint density at radius 3 is 2.85 bits per heavy atom. The molecular formula is C12H15N5O3. The Bertz CT molecular complexity index is 625. The van der Waals surface area contributed by atoms with Crippen LogP contribution in [-0.4, -0.2) is 29.0 Å². The molecule has 0 aliphatic carbocycles. The third-order valence-corrected chi connectivity index (χ3v) is 2.91. The molecule has 0 aliphatic heterocycles. The molecule has 0 saturated heterocycles. The molecule has 2 aromatic rings. The SMILES string of the molecule is CNc1ncc([N+](=O)[O-])c(N(C)Cc2ccoc2C)n1. The summed E-state index contributed by atoms with van der Waals surface area (Å²) in [5.74, 6) is 1.37. The predicted octanol–water partition coefficient (Wildman–Crippen LogP) is 1.96. The molecule has 106 valence electrons. The van der Waals surface area contributed by atoms with E-state index in [9.17, 15) is 10.1 Å². The molecule has 0 unspecified atom stereocenters. The first-order valence-corrected chi connectivity index (χ1v) is 5.96. The Morgan fingerprint density at radius 1 is 1.55 bits per heavy atom. The molecule has 0 amide bonds. The summed E-state index contributed by atoms with van der Waals surface area (Å²) in [7, 11) is 3.40.